The third-order valence-electron chi connectivity index (χ3n) is 7.68. The Morgan fingerprint density at radius 3 is 1.38 bits per heavy atom. The van der Waals surface area contributed by atoms with Gasteiger partial charge in [-0.05, 0) is 60.4 Å². The fourth-order valence-electron chi connectivity index (χ4n) is 5.04. The van der Waals surface area contributed by atoms with Crippen LogP contribution in [0.4, 0.5) is 17.1 Å². The first-order valence-electron chi connectivity index (χ1n) is 16.0. The molecule has 1 radical (unpaired) electrons. The number of nitro groups is 1. The van der Waals surface area contributed by atoms with Gasteiger partial charge in [0.1, 0.15) is 22.9 Å². The minimum absolute atomic E-state index is 0. The summed E-state index contributed by atoms with van der Waals surface area (Å²) < 4.78 is 2.81. The van der Waals surface area contributed by atoms with Crippen LogP contribution in [0.25, 0.3) is 11.4 Å². The van der Waals surface area contributed by atoms with E-state index in [1.807, 2.05) is 58.0 Å². The van der Waals surface area contributed by atoms with Gasteiger partial charge in [-0.15, -0.1) is 0 Å². The molecule has 0 amide bonds. The Bertz CT molecular complexity index is 2190. The summed E-state index contributed by atoms with van der Waals surface area (Å²) in [6, 6.07) is 28.6. The second-order valence-corrected chi connectivity index (χ2v) is 12.0. The minimum Gasteiger partial charge on any atom is -0.506 e. The maximum Gasteiger partial charge on any atom is 0.269 e. The van der Waals surface area contributed by atoms with Crippen LogP contribution >= 0.6 is 0 Å². The quantitative estimate of drug-likeness (QED) is 0.0648. The number of phenolic OH excluding ortho intramolecular Hbond substituents is 2. The predicted molar refractivity (Wildman–Crippen MR) is 196 cm³/mol. The Kier molecular flexibility index (Phi) is 12.7. The summed E-state index contributed by atoms with van der Waals surface area (Å²) in [4.78, 5) is 18.9. The SMILES string of the molecule is CC(C)c1nn(-c2ccc([N+](=O)[O-])cc2)c(O)c1C=Nc1ccccc1O.CC(C)c1nn(-c2ccccc2)c(O)c1C=Nc1ccccc1O.[Co]. The van der Waals surface area contributed by atoms with Crippen molar-refractivity contribution in [1.82, 2.24) is 19.6 Å². The maximum absolute atomic E-state index is 10.8. The molecule has 0 saturated heterocycles. The van der Waals surface area contributed by atoms with Crippen LogP contribution < -0.4 is 0 Å². The van der Waals surface area contributed by atoms with Crippen molar-refractivity contribution >= 4 is 29.5 Å². The van der Waals surface area contributed by atoms with E-state index in [0.717, 1.165) is 11.4 Å². The van der Waals surface area contributed by atoms with E-state index in [2.05, 4.69) is 20.2 Å². The number of benzene rings is 4. The van der Waals surface area contributed by atoms with Gasteiger partial charge < -0.3 is 20.4 Å². The number of aromatic hydroxyl groups is 4. The van der Waals surface area contributed by atoms with E-state index in [4.69, 9.17) is 0 Å². The zero-order valence-electron chi connectivity index (χ0n) is 28.7. The van der Waals surface area contributed by atoms with Crippen LogP contribution in [-0.4, -0.2) is 57.3 Å². The van der Waals surface area contributed by atoms with Crippen LogP contribution in [0, 0.1) is 10.1 Å². The Balaban J connectivity index is 0.000000230. The smallest absolute Gasteiger partial charge is 0.269 e. The second-order valence-electron chi connectivity index (χ2n) is 12.0. The molecule has 0 saturated carbocycles. The van der Waals surface area contributed by atoms with Gasteiger partial charge in [-0.3, -0.25) is 20.1 Å². The molecule has 52 heavy (non-hydrogen) atoms. The summed E-state index contributed by atoms with van der Waals surface area (Å²) in [7, 11) is 0. The van der Waals surface area contributed by atoms with Crippen molar-refractivity contribution in [3.8, 4) is 34.6 Å². The average molecular weight is 747 g/mol. The van der Waals surface area contributed by atoms with Crippen LogP contribution in [0.2, 0.25) is 0 Å². The molecule has 2 aromatic heterocycles. The molecule has 0 aliphatic heterocycles. The number of rotatable bonds is 9. The van der Waals surface area contributed by atoms with E-state index < -0.39 is 4.92 Å². The molecule has 0 spiro atoms. The Morgan fingerprint density at radius 1 is 0.615 bits per heavy atom. The van der Waals surface area contributed by atoms with Crippen LogP contribution in [0.5, 0.6) is 23.3 Å². The fourth-order valence-corrected chi connectivity index (χ4v) is 5.04. The molecule has 0 unspecified atom stereocenters. The van der Waals surface area contributed by atoms with Crippen molar-refractivity contribution in [3.63, 3.8) is 0 Å². The summed E-state index contributed by atoms with van der Waals surface area (Å²) in [5.41, 5.74) is 4.37. The summed E-state index contributed by atoms with van der Waals surface area (Å²) in [5, 5.41) is 60.7. The van der Waals surface area contributed by atoms with Crippen molar-refractivity contribution < 1.29 is 42.1 Å². The molecule has 0 aliphatic carbocycles. The molecule has 4 aromatic carbocycles. The fraction of sp³-hybridized carbons (Fsp3) is 0.158. The molecule has 6 aromatic rings. The Hall–Kier alpha value is -6.25. The first-order chi connectivity index (χ1) is 24.5. The average Bonchev–Trinajstić information content (AvgIpc) is 3.64. The van der Waals surface area contributed by atoms with Gasteiger partial charge in [0.05, 0.1) is 38.8 Å². The molecule has 2 heterocycles. The number of nitrogens with zero attached hydrogens (tertiary/aromatic N) is 7. The zero-order valence-corrected chi connectivity index (χ0v) is 29.7. The number of hydrogen-bond donors (Lipinski definition) is 4. The van der Waals surface area contributed by atoms with Crippen LogP contribution in [0.1, 0.15) is 62.0 Å². The number of non-ortho nitro benzene ring substituents is 1. The second kappa shape index (κ2) is 17.1. The van der Waals surface area contributed by atoms with Crippen molar-refractivity contribution in [2.45, 2.75) is 39.5 Å². The Morgan fingerprint density at radius 2 is 1.00 bits per heavy atom. The van der Waals surface area contributed by atoms with Gasteiger partial charge >= 0.3 is 0 Å². The number of nitro benzene ring substituents is 1. The maximum atomic E-state index is 10.8. The molecular formula is C38H37CoN7O6. The van der Waals surface area contributed by atoms with Gasteiger partial charge in [-0.25, -0.2) is 9.36 Å². The topological polar surface area (TPSA) is 184 Å². The molecular weight excluding hydrogens is 709 g/mol. The molecule has 0 atom stereocenters. The number of aliphatic imine (C=N–C) groups is 2. The van der Waals surface area contributed by atoms with Crippen LogP contribution in [0.15, 0.2) is 113 Å². The molecule has 269 valence electrons. The molecule has 6 rings (SSSR count). The third-order valence-corrected chi connectivity index (χ3v) is 7.68. The molecule has 4 N–H and O–H groups in total. The van der Waals surface area contributed by atoms with Crippen molar-refractivity contribution in [2.24, 2.45) is 9.98 Å². The van der Waals surface area contributed by atoms with E-state index in [1.54, 1.807) is 48.7 Å². The van der Waals surface area contributed by atoms with Gasteiger partial charge in [0.15, 0.2) is 0 Å². The molecule has 0 fully saturated rings. The van der Waals surface area contributed by atoms with Crippen LogP contribution in [0.3, 0.4) is 0 Å². The number of para-hydroxylation sites is 5. The first-order valence-corrected chi connectivity index (χ1v) is 16.0. The van der Waals surface area contributed by atoms with Gasteiger partial charge in [-0.2, -0.15) is 10.2 Å². The first kappa shape index (κ1) is 38.5. The Labute approximate surface area is 310 Å². The third kappa shape index (κ3) is 8.72. The van der Waals surface area contributed by atoms with E-state index in [-0.39, 0.29) is 57.6 Å². The van der Waals surface area contributed by atoms with E-state index in [9.17, 15) is 30.5 Å². The zero-order chi connectivity index (χ0) is 36.7. The number of aromatic nitrogens is 4. The van der Waals surface area contributed by atoms with E-state index in [0.29, 0.717) is 33.9 Å². The summed E-state index contributed by atoms with van der Waals surface area (Å²) in [6.07, 6.45) is 3.00. The van der Waals surface area contributed by atoms with Gasteiger partial charge in [0.2, 0.25) is 11.8 Å². The summed E-state index contributed by atoms with van der Waals surface area (Å²) in [6.45, 7) is 7.88. The van der Waals surface area contributed by atoms with Crippen molar-refractivity contribution in [2.75, 3.05) is 0 Å². The standard InChI is InChI=1S/C19H18N4O4.C19H19N3O2.Co/c1-12(2)18-15(11-20-16-5-3-4-6-17(16)24)19(25)22(21-18)13-7-9-14(10-8-13)23(26)27;1-13(2)18-15(12-20-16-10-6-7-11-17(16)23)19(24)22(21-18)14-8-4-3-5-9-14;/h3-12,24-25H,1-2H3;3-13,23-24H,1-2H3;. The summed E-state index contributed by atoms with van der Waals surface area (Å²) in [5.74, 6) is 0.139. The monoisotopic (exact) mass is 746 g/mol. The van der Waals surface area contributed by atoms with Gasteiger partial charge in [0, 0.05) is 41.3 Å². The van der Waals surface area contributed by atoms with Crippen LogP contribution in [-0.2, 0) is 16.8 Å². The van der Waals surface area contributed by atoms with Crippen molar-refractivity contribution in [1.29, 1.82) is 0 Å². The summed E-state index contributed by atoms with van der Waals surface area (Å²) >= 11 is 0. The van der Waals surface area contributed by atoms with Crippen molar-refractivity contribution in [3.05, 3.63) is 136 Å². The van der Waals surface area contributed by atoms with Gasteiger partial charge in [-0.1, -0.05) is 70.2 Å². The predicted octanol–water partition coefficient (Wildman–Crippen LogP) is 8.22. The number of hydrogen-bond acceptors (Lipinski definition) is 10. The largest absolute Gasteiger partial charge is 0.506 e. The molecule has 0 aliphatic rings. The van der Waals surface area contributed by atoms with Gasteiger partial charge in [0.25, 0.3) is 5.69 Å². The minimum atomic E-state index is -0.489. The van der Waals surface area contributed by atoms with E-state index >= 15 is 0 Å². The molecule has 14 heteroatoms. The molecule has 0 bridgehead atoms. The van der Waals surface area contributed by atoms with E-state index in [1.165, 1.54) is 45.9 Å². The normalized spacial score (nSPS) is 11.2. The molecule has 13 nitrogen and oxygen atoms in total. The number of phenols is 2.